The first-order valence-electron chi connectivity index (χ1n) is 7.58. The molecule has 0 aromatic heterocycles. The first-order chi connectivity index (χ1) is 9.92. The third-order valence-corrected chi connectivity index (χ3v) is 4.10. The van der Waals surface area contributed by atoms with E-state index in [1.54, 1.807) is 0 Å². The van der Waals surface area contributed by atoms with Crippen molar-refractivity contribution in [2.75, 3.05) is 11.9 Å². The molecule has 0 saturated heterocycles. The fourth-order valence-corrected chi connectivity index (χ4v) is 2.80. The third-order valence-electron chi connectivity index (χ3n) is 3.54. The average Bonchev–Trinajstić information content (AvgIpc) is 2.50. The molecule has 2 rings (SSSR count). The number of unbranched alkanes of at least 4 members (excludes halogenated alkanes) is 5. The van der Waals surface area contributed by atoms with Crippen LogP contribution in [0, 0.1) is 0 Å². The summed E-state index contributed by atoms with van der Waals surface area (Å²) in [7, 11) is 0. The van der Waals surface area contributed by atoms with Gasteiger partial charge in [0.1, 0.15) is 5.75 Å². The fraction of sp³-hybridized carbons (Fsp3) is 0.444. The van der Waals surface area contributed by atoms with Crippen molar-refractivity contribution in [2.24, 2.45) is 0 Å². The Balaban J connectivity index is 1.71. The highest BCUT2D eigenvalue weighted by molar-refractivity contribution is 9.09. The van der Waals surface area contributed by atoms with Gasteiger partial charge in [0.2, 0.25) is 0 Å². The molecule has 0 radical (unpaired) electrons. The van der Waals surface area contributed by atoms with Gasteiger partial charge in [0.05, 0.1) is 6.61 Å². The maximum Gasteiger partial charge on any atom is 0.127 e. The Morgan fingerprint density at radius 1 is 0.750 bits per heavy atom. The highest BCUT2D eigenvalue weighted by atomic mass is 79.9. The van der Waals surface area contributed by atoms with E-state index in [2.05, 4.69) is 58.4 Å². The van der Waals surface area contributed by atoms with E-state index in [1.165, 1.54) is 42.9 Å². The minimum absolute atomic E-state index is 0.826. The highest BCUT2D eigenvalue weighted by Gasteiger charge is 2.00. The second-order valence-electron chi connectivity index (χ2n) is 5.14. The largest absolute Gasteiger partial charge is 0.493 e. The van der Waals surface area contributed by atoms with Crippen LogP contribution in [-0.4, -0.2) is 11.9 Å². The lowest BCUT2D eigenvalue weighted by atomic mass is 10.1. The van der Waals surface area contributed by atoms with Crippen LogP contribution in [0.4, 0.5) is 0 Å². The lowest BCUT2D eigenvalue weighted by molar-refractivity contribution is 0.308. The number of hydrogen-bond acceptors (Lipinski definition) is 1. The van der Waals surface area contributed by atoms with Crippen LogP contribution in [0.15, 0.2) is 42.5 Å². The van der Waals surface area contributed by atoms with Gasteiger partial charge < -0.3 is 4.74 Å². The Hall–Kier alpha value is -1.02. The van der Waals surface area contributed by atoms with E-state index in [9.17, 15) is 0 Å². The van der Waals surface area contributed by atoms with Gasteiger partial charge in [-0.05, 0) is 24.3 Å². The number of halogens is 1. The summed E-state index contributed by atoms with van der Waals surface area (Å²) < 4.78 is 5.94. The Morgan fingerprint density at radius 3 is 2.30 bits per heavy atom. The standard InChI is InChI=1S/C18H23BrO/c19-14-7-3-1-2-4-8-15-20-18-13-9-11-16-10-5-6-12-17(16)18/h5-6,9-13H,1-4,7-8,14-15H2. The smallest absolute Gasteiger partial charge is 0.127 e. The molecule has 0 spiro atoms. The lowest BCUT2D eigenvalue weighted by Crippen LogP contribution is -1.97. The molecular weight excluding hydrogens is 312 g/mol. The molecule has 0 heterocycles. The quantitative estimate of drug-likeness (QED) is 0.406. The molecule has 0 atom stereocenters. The zero-order chi connectivity index (χ0) is 14.0. The summed E-state index contributed by atoms with van der Waals surface area (Å²) in [5, 5.41) is 3.60. The first-order valence-corrected chi connectivity index (χ1v) is 8.70. The summed E-state index contributed by atoms with van der Waals surface area (Å²) in [5.41, 5.74) is 0. The summed E-state index contributed by atoms with van der Waals surface area (Å²) in [5.74, 6) is 1.02. The van der Waals surface area contributed by atoms with Gasteiger partial charge in [0, 0.05) is 10.7 Å². The molecule has 20 heavy (non-hydrogen) atoms. The number of alkyl halides is 1. The molecule has 108 valence electrons. The fourth-order valence-electron chi connectivity index (χ4n) is 2.41. The predicted molar refractivity (Wildman–Crippen MR) is 90.9 cm³/mol. The van der Waals surface area contributed by atoms with E-state index in [1.807, 2.05) is 0 Å². The van der Waals surface area contributed by atoms with E-state index in [-0.39, 0.29) is 0 Å². The van der Waals surface area contributed by atoms with Crippen LogP contribution >= 0.6 is 15.9 Å². The van der Waals surface area contributed by atoms with E-state index in [0.29, 0.717) is 0 Å². The molecule has 0 N–H and O–H groups in total. The van der Waals surface area contributed by atoms with Crippen LogP contribution < -0.4 is 4.74 Å². The van der Waals surface area contributed by atoms with E-state index < -0.39 is 0 Å². The second-order valence-corrected chi connectivity index (χ2v) is 5.93. The van der Waals surface area contributed by atoms with Crippen LogP contribution in [0.1, 0.15) is 38.5 Å². The van der Waals surface area contributed by atoms with Gasteiger partial charge in [-0.3, -0.25) is 0 Å². The maximum absolute atomic E-state index is 5.94. The highest BCUT2D eigenvalue weighted by Crippen LogP contribution is 2.25. The Kier molecular flexibility index (Phi) is 6.93. The number of ether oxygens (including phenoxy) is 1. The number of hydrogen-bond donors (Lipinski definition) is 0. The molecule has 0 bridgehead atoms. The second kappa shape index (κ2) is 9.02. The van der Waals surface area contributed by atoms with Gasteiger partial charge in [0.15, 0.2) is 0 Å². The Morgan fingerprint density at radius 2 is 1.45 bits per heavy atom. The molecule has 0 fully saturated rings. The zero-order valence-electron chi connectivity index (χ0n) is 12.0. The molecule has 1 nitrogen and oxygen atoms in total. The van der Waals surface area contributed by atoms with Gasteiger partial charge in [-0.2, -0.15) is 0 Å². The predicted octanol–water partition coefficient (Wildman–Crippen LogP) is 5.95. The van der Waals surface area contributed by atoms with Gasteiger partial charge in [-0.25, -0.2) is 0 Å². The topological polar surface area (TPSA) is 9.23 Å². The van der Waals surface area contributed by atoms with Crippen molar-refractivity contribution in [2.45, 2.75) is 38.5 Å². The van der Waals surface area contributed by atoms with E-state index in [0.717, 1.165) is 24.1 Å². The summed E-state index contributed by atoms with van der Waals surface area (Å²) in [4.78, 5) is 0. The van der Waals surface area contributed by atoms with Crippen molar-refractivity contribution in [1.82, 2.24) is 0 Å². The monoisotopic (exact) mass is 334 g/mol. The SMILES string of the molecule is BrCCCCCCCCOc1cccc2ccccc12. The molecule has 0 saturated carbocycles. The van der Waals surface area contributed by atoms with Gasteiger partial charge in [0.25, 0.3) is 0 Å². The maximum atomic E-state index is 5.94. The number of benzene rings is 2. The summed E-state index contributed by atoms with van der Waals surface area (Å²) in [6, 6.07) is 14.7. The molecular formula is C18H23BrO. The molecule has 2 aromatic rings. The zero-order valence-corrected chi connectivity index (χ0v) is 13.6. The van der Waals surface area contributed by atoms with Crippen LogP contribution in [0.25, 0.3) is 10.8 Å². The molecule has 2 aromatic carbocycles. The normalized spacial score (nSPS) is 10.8. The summed E-state index contributed by atoms with van der Waals surface area (Å²) in [6.45, 7) is 0.826. The Bertz CT molecular complexity index is 504. The molecule has 0 amide bonds. The van der Waals surface area contributed by atoms with Crippen LogP contribution in [0.3, 0.4) is 0 Å². The summed E-state index contributed by atoms with van der Waals surface area (Å²) in [6.07, 6.45) is 7.73. The number of fused-ring (bicyclic) bond motifs is 1. The van der Waals surface area contributed by atoms with E-state index >= 15 is 0 Å². The average molecular weight is 335 g/mol. The third kappa shape index (κ3) is 4.82. The van der Waals surface area contributed by atoms with Gasteiger partial charge >= 0.3 is 0 Å². The Labute approximate surface area is 130 Å². The van der Waals surface area contributed by atoms with Crippen LogP contribution in [-0.2, 0) is 0 Å². The van der Waals surface area contributed by atoms with Gasteiger partial charge in [-0.15, -0.1) is 0 Å². The molecule has 0 aliphatic carbocycles. The van der Waals surface area contributed by atoms with Crippen molar-refractivity contribution < 1.29 is 4.74 Å². The van der Waals surface area contributed by atoms with Crippen molar-refractivity contribution in [3.8, 4) is 5.75 Å². The van der Waals surface area contributed by atoms with Crippen molar-refractivity contribution >= 4 is 26.7 Å². The molecule has 0 aliphatic rings. The number of rotatable bonds is 9. The van der Waals surface area contributed by atoms with Crippen molar-refractivity contribution in [1.29, 1.82) is 0 Å². The van der Waals surface area contributed by atoms with Gasteiger partial charge in [-0.1, -0.05) is 78.0 Å². The van der Waals surface area contributed by atoms with Crippen LogP contribution in [0.5, 0.6) is 5.75 Å². The molecule has 0 aliphatic heterocycles. The molecule has 2 heteroatoms. The van der Waals surface area contributed by atoms with Crippen molar-refractivity contribution in [3.05, 3.63) is 42.5 Å². The van der Waals surface area contributed by atoms with E-state index in [4.69, 9.17) is 4.74 Å². The minimum Gasteiger partial charge on any atom is -0.493 e. The molecule has 0 unspecified atom stereocenters. The summed E-state index contributed by atoms with van der Waals surface area (Å²) >= 11 is 3.47. The first kappa shape index (κ1) is 15.4. The minimum atomic E-state index is 0.826. The lowest BCUT2D eigenvalue weighted by Gasteiger charge is -2.09. The van der Waals surface area contributed by atoms with Crippen molar-refractivity contribution in [3.63, 3.8) is 0 Å². The van der Waals surface area contributed by atoms with Crippen LogP contribution in [0.2, 0.25) is 0 Å².